The van der Waals surface area contributed by atoms with Gasteiger partial charge in [0, 0.05) is 31.1 Å². The molecule has 0 spiro atoms. The monoisotopic (exact) mass is 442 g/mol. The lowest BCUT2D eigenvalue weighted by molar-refractivity contribution is 0.0371. The second-order valence-electron chi connectivity index (χ2n) is 7.38. The Kier molecular flexibility index (Phi) is 8.47. The van der Waals surface area contributed by atoms with Crippen molar-refractivity contribution in [3.63, 3.8) is 0 Å². The molecule has 0 unspecified atom stereocenters. The van der Waals surface area contributed by atoms with Crippen molar-refractivity contribution in [1.82, 2.24) is 4.90 Å². The third-order valence-electron chi connectivity index (χ3n) is 5.42. The summed E-state index contributed by atoms with van der Waals surface area (Å²) in [4.78, 5) is 28.3. The van der Waals surface area contributed by atoms with Crippen molar-refractivity contribution in [2.45, 2.75) is 12.8 Å². The molecule has 1 aliphatic rings. The van der Waals surface area contributed by atoms with E-state index < -0.39 is 5.91 Å². The lowest BCUT2D eigenvalue weighted by atomic mass is 10.0. The molecular formula is C24H30N2O6. The summed E-state index contributed by atoms with van der Waals surface area (Å²) in [5, 5.41) is 2.85. The lowest BCUT2D eigenvalue weighted by Crippen LogP contribution is -2.36. The van der Waals surface area contributed by atoms with E-state index in [0.29, 0.717) is 40.5 Å². The molecule has 1 N–H and O–H groups in total. The van der Waals surface area contributed by atoms with Gasteiger partial charge in [-0.3, -0.25) is 14.5 Å². The van der Waals surface area contributed by atoms with Crippen molar-refractivity contribution in [2.24, 2.45) is 0 Å². The maximum absolute atomic E-state index is 13.0. The van der Waals surface area contributed by atoms with Crippen LogP contribution in [-0.4, -0.2) is 70.8 Å². The molecule has 1 aliphatic heterocycles. The summed E-state index contributed by atoms with van der Waals surface area (Å²) in [6.07, 6.45) is 1.11. The van der Waals surface area contributed by atoms with E-state index in [0.717, 1.165) is 39.3 Å². The van der Waals surface area contributed by atoms with Crippen LogP contribution in [0.5, 0.6) is 17.2 Å². The van der Waals surface area contributed by atoms with E-state index in [1.165, 1.54) is 14.2 Å². The minimum absolute atomic E-state index is 0.0471. The van der Waals surface area contributed by atoms with E-state index in [9.17, 15) is 9.59 Å². The fraction of sp³-hybridized carbons (Fsp3) is 0.417. The number of para-hydroxylation sites is 1. The van der Waals surface area contributed by atoms with E-state index >= 15 is 0 Å². The Hall–Kier alpha value is -3.10. The van der Waals surface area contributed by atoms with Crippen LogP contribution in [0.3, 0.4) is 0 Å². The average Bonchev–Trinajstić information content (AvgIpc) is 2.84. The quantitative estimate of drug-likeness (QED) is 0.565. The fourth-order valence-corrected chi connectivity index (χ4v) is 3.65. The normalized spacial score (nSPS) is 14.0. The molecule has 2 aromatic rings. The number of anilines is 1. The summed E-state index contributed by atoms with van der Waals surface area (Å²) in [5.41, 5.74) is 1.10. The lowest BCUT2D eigenvalue weighted by Gasteiger charge is -2.26. The van der Waals surface area contributed by atoms with E-state index in [2.05, 4.69) is 10.2 Å². The Morgan fingerprint density at radius 3 is 2.41 bits per heavy atom. The van der Waals surface area contributed by atoms with Gasteiger partial charge in [0.2, 0.25) is 0 Å². The van der Waals surface area contributed by atoms with Crippen LogP contribution in [0.25, 0.3) is 0 Å². The third-order valence-corrected chi connectivity index (χ3v) is 5.42. The van der Waals surface area contributed by atoms with Gasteiger partial charge in [0.05, 0.1) is 45.8 Å². The molecule has 0 radical (unpaired) electrons. The van der Waals surface area contributed by atoms with Crippen LogP contribution in [0.1, 0.15) is 33.6 Å². The van der Waals surface area contributed by atoms with Gasteiger partial charge in [-0.25, -0.2) is 0 Å². The first kappa shape index (κ1) is 23.6. The second-order valence-corrected chi connectivity index (χ2v) is 7.38. The number of ether oxygens (including phenoxy) is 4. The molecule has 3 rings (SSSR count). The number of methoxy groups -OCH3 is 3. The number of ketones is 1. The van der Waals surface area contributed by atoms with Gasteiger partial charge in [-0.15, -0.1) is 0 Å². The minimum atomic E-state index is -0.406. The van der Waals surface area contributed by atoms with Gasteiger partial charge >= 0.3 is 0 Å². The van der Waals surface area contributed by atoms with Crippen LogP contribution in [0.2, 0.25) is 0 Å². The highest BCUT2D eigenvalue weighted by molar-refractivity contribution is 6.11. The fourth-order valence-electron chi connectivity index (χ4n) is 3.65. The van der Waals surface area contributed by atoms with Crippen LogP contribution in [0.15, 0.2) is 36.4 Å². The zero-order valence-corrected chi connectivity index (χ0v) is 18.8. The summed E-state index contributed by atoms with van der Waals surface area (Å²) < 4.78 is 21.3. The molecule has 1 saturated heterocycles. The van der Waals surface area contributed by atoms with Gasteiger partial charge in [0.1, 0.15) is 17.2 Å². The second kappa shape index (κ2) is 11.5. The highest BCUT2D eigenvalue weighted by Crippen LogP contribution is 2.32. The first-order valence-corrected chi connectivity index (χ1v) is 10.6. The number of amides is 1. The maximum atomic E-state index is 13.0. The van der Waals surface area contributed by atoms with Crippen LogP contribution >= 0.6 is 0 Å². The molecule has 1 fully saturated rings. The Morgan fingerprint density at radius 2 is 1.72 bits per heavy atom. The highest BCUT2D eigenvalue weighted by Gasteiger charge is 2.21. The van der Waals surface area contributed by atoms with Gasteiger partial charge in [0.25, 0.3) is 5.91 Å². The maximum Gasteiger partial charge on any atom is 0.259 e. The number of Topliss-reactive ketones (excluding diaryl/α,β-unsaturated/α-hetero) is 1. The van der Waals surface area contributed by atoms with Gasteiger partial charge in [-0.2, -0.15) is 0 Å². The molecule has 2 aromatic carbocycles. The standard InChI is InChI=1S/C24H30N2O6/c1-29-17-9-10-19(22(16-17)31-3)24(28)25-23-18(6-4-8-21(23)30-2)20(27)7-5-11-26-12-14-32-15-13-26/h4,6,8-10,16H,5,7,11-15H2,1-3H3,(H,25,28). The Bertz CT molecular complexity index is 940. The number of nitrogens with zero attached hydrogens (tertiary/aromatic N) is 1. The van der Waals surface area contributed by atoms with E-state index in [4.69, 9.17) is 18.9 Å². The molecule has 0 atom stereocenters. The van der Waals surface area contributed by atoms with Crippen molar-refractivity contribution in [3.8, 4) is 17.2 Å². The number of rotatable bonds is 10. The molecule has 0 aliphatic carbocycles. The Balaban J connectivity index is 1.76. The van der Waals surface area contributed by atoms with E-state index in [1.54, 1.807) is 43.5 Å². The molecule has 8 heteroatoms. The van der Waals surface area contributed by atoms with Crippen molar-refractivity contribution >= 4 is 17.4 Å². The first-order valence-electron chi connectivity index (χ1n) is 10.6. The Morgan fingerprint density at radius 1 is 0.969 bits per heavy atom. The number of nitrogens with one attached hydrogen (secondary N) is 1. The minimum Gasteiger partial charge on any atom is -0.497 e. The summed E-state index contributed by atoms with van der Waals surface area (Å²) in [6.45, 7) is 4.07. The molecule has 0 saturated carbocycles. The first-order chi connectivity index (χ1) is 15.6. The van der Waals surface area contributed by atoms with Gasteiger partial charge in [0.15, 0.2) is 5.78 Å². The Labute approximate surface area is 188 Å². The van der Waals surface area contributed by atoms with Crippen molar-refractivity contribution < 1.29 is 28.5 Å². The van der Waals surface area contributed by atoms with Crippen LogP contribution < -0.4 is 19.5 Å². The van der Waals surface area contributed by atoms with Crippen molar-refractivity contribution in [2.75, 3.05) is 59.5 Å². The predicted molar refractivity (Wildman–Crippen MR) is 121 cm³/mol. The van der Waals surface area contributed by atoms with Crippen LogP contribution in [0, 0.1) is 0 Å². The highest BCUT2D eigenvalue weighted by atomic mass is 16.5. The number of hydrogen-bond donors (Lipinski definition) is 1. The zero-order valence-electron chi connectivity index (χ0n) is 18.8. The number of morpholine rings is 1. The van der Waals surface area contributed by atoms with Crippen LogP contribution in [0.4, 0.5) is 5.69 Å². The summed E-state index contributed by atoms with van der Waals surface area (Å²) in [5.74, 6) is 0.914. The third kappa shape index (κ3) is 5.77. The number of hydrogen-bond acceptors (Lipinski definition) is 7. The van der Waals surface area contributed by atoms with Gasteiger partial charge in [-0.1, -0.05) is 6.07 Å². The molecule has 1 heterocycles. The molecule has 172 valence electrons. The number of carbonyl (C=O) groups excluding carboxylic acids is 2. The van der Waals surface area contributed by atoms with E-state index in [-0.39, 0.29) is 5.78 Å². The summed E-state index contributed by atoms with van der Waals surface area (Å²) >= 11 is 0. The molecular weight excluding hydrogens is 412 g/mol. The molecule has 0 aromatic heterocycles. The smallest absolute Gasteiger partial charge is 0.259 e. The van der Waals surface area contributed by atoms with Crippen LogP contribution in [-0.2, 0) is 4.74 Å². The number of carbonyl (C=O) groups is 2. The molecule has 0 bridgehead atoms. The summed E-state index contributed by atoms with van der Waals surface area (Å²) in [7, 11) is 4.53. The van der Waals surface area contributed by atoms with Gasteiger partial charge in [-0.05, 0) is 37.2 Å². The van der Waals surface area contributed by atoms with Gasteiger partial charge < -0.3 is 24.3 Å². The van der Waals surface area contributed by atoms with Crippen molar-refractivity contribution in [1.29, 1.82) is 0 Å². The zero-order chi connectivity index (χ0) is 22.9. The average molecular weight is 443 g/mol. The largest absolute Gasteiger partial charge is 0.497 e. The molecule has 1 amide bonds. The number of benzene rings is 2. The molecule has 8 nitrogen and oxygen atoms in total. The van der Waals surface area contributed by atoms with E-state index in [1.807, 2.05) is 0 Å². The SMILES string of the molecule is COc1ccc(C(=O)Nc2c(OC)cccc2C(=O)CCCN2CCOCC2)c(OC)c1. The predicted octanol–water partition coefficient (Wildman–Crippen LogP) is 3.26. The molecule has 32 heavy (non-hydrogen) atoms. The van der Waals surface area contributed by atoms with Crippen molar-refractivity contribution in [3.05, 3.63) is 47.5 Å². The summed E-state index contributed by atoms with van der Waals surface area (Å²) in [6, 6.07) is 10.1. The topological polar surface area (TPSA) is 86.3 Å².